The molecular weight excluding hydrogens is 295 g/mol. The number of carbonyl (C=O) groups is 1. The number of aromatic hydroxyl groups is 1. The molecule has 6 heteroatoms. The summed E-state index contributed by atoms with van der Waals surface area (Å²) in [6.45, 7) is 1.78. The summed E-state index contributed by atoms with van der Waals surface area (Å²) < 4.78 is 13.0. The molecular formula is C15H14ClFN2O2. The van der Waals surface area contributed by atoms with Gasteiger partial charge >= 0.3 is 0 Å². The van der Waals surface area contributed by atoms with Gasteiger partial charge in [0.05, 0.1) is 16.8 Å². The molecule has 1 amide bonds. The maximum absolute atomic E-state index is 13.0. The minimum absolute atomic E-state index is 0.155. The zero-order chi connectivity index (χ0) is 15.6. The molecule has 1 atom stereocenters. The van der Waals surface area contributed by atoms with Crippen LogP contribution in [0.2, 0.25) is 5.02 Å². The normalized spacial score (nSPS) is 12.0. The first kappa shape index (κ1) is 15.1. The van der Waals surface area contributed by atoms with E-state index in [-0.39, 0.29) is 11.8 Å². The van der Waals surface area contributed by atoms with Gasteiger partial charge in [-0.2, -0.15) is 0 Å². The average molecular weight is 309 g/mol. The Balaban J connectivity index is 2.28. The maximum atomic E-state index is 13.0. The zero-order valence-electron chi connectivity index (χ0n) is 11.2. The summed E-state index contributed by atoms with van der Waals surface area (Å²) in [5.41, 5.74) is 6.56. The van der Waals surface area contributed by atoms with E-state index < -0.39 is 11.7 Å². The molecule has 0 aliphatic heterocycles. The van der Waals surface area contributed by atoms with E-state index >= 15 is 0 Å². The van der Waals surface area contributed by atoms with Crippen molar-refractivity contribution in [1.29, 1.82) is 0 Å². The third kappa shape index (κ3) is 3.44. The molecule has 0 aromatic heterocycles. The first-order valence-corrected chi connectivity index (χ1v) is 6.60. The SMILES string of the molecule is CC(Nc1cc(C(N)=O)ccc1Cl)c1ccc(F)cc1O. The van der Waals surface area contributed by atoms with Crippen LogP contribution in [-0.4, -0.2) is 11.0 Å². The average Bonchev–Trinajstić information content (AvgIpc) is 2.40. The predicted octanol–water partition coefficient (Wildman–Crippen LogP) is 3.46. The molecule has 0 saturated carbocycles. The van der Waals surface area contributed by atoms with E-state index in [4.69, 9.17) is 17.3 Å². The van der Waals surface area contributed by atoms with E-state index in [1.807, 2.05) is 0 Å². The van der Waals surface area contributed by atoms with Crippen molar-refractivity contribution in [3.8, 4) is 5.75 Å². The Morgan fingerprint density at radius 3 is 2.67 bits per heavy atom. The van der Waals surface area contributed by atoms with E-state index in [2.05, 4.69) is 5.32 Å². The van der Waals surface area contributed by atoms with Crippen LogP contribution in [0.25, 0.3) is 0 Å². The third-order valence-corrected chi connectivity index (χ3v) is 3.41. The number of nitrogens with two attached hydrogens (primary N) is 1. The molecule has 0 radical (unpaired) electrons. The second-order valence-electron chi connectivity index (χ2n) is 4.63. The number of hydrogen-bond acceptors (Lipinski definition) is 3. The van der Waals surface area contributed by atoms with Crippen molar-refractivity contribution in [3.05, 3.63) is 58.4 Å². The van der Waals surface area contributed by atoms with Gasteiger partial charge in [0.25, 0.3) is 0 Å². The second-order valence-corrected chi connectivity index (χ2v) is 5.04. The fourth-order valence-corrected chi connectivity index (χ4v) is 2.16. The number of phenolic OH excluding ortho intramolecular Hbond substituents is 1. The number of primary amides is 1. The van der Waals surface area contributed by atoms with Crippen LogP contribution in [0.1, 0.15) is 28.9 Å². The molecule has 0 bridgehead atoms. The largest absolute Gasteiger partial charge is 0.507 e. The van der Waals surface area contributed by atoms with Gasteiger partial charge in [0.2, 0.25) is 5.91 Å². The number of rotatable bonds is 4. The number of hydrogen-bond donors (Lipinski definition) is 3. The van der Waals surface area contributed by atoms with Crippen molar-refractivity contribution in [2.45, 2.75) is 13.0 Å². The van der Waals surface area contributed by atoms with Gasteiger partial charge in [-0.05, 0) is 31.2 Å². The lowest BCUT2D eigenvalue weighted by atomic mass is 10.1. The molecule has 0 heterocycles. The van der Waals surface area contributed by atoms with Gasteiger partial charge in [-0.25, -0.2) is 4.39 Å². The molecule has 0 spiro atoms. The third-order valence-electron chi connectivity index (χ3n) is 3.08. The molecule has 110 valence electrons. The van der Waals surface area contributed by atoms with Gasteiger partial charge in [0, 0.05) is 17.2 Å². The molecule has 0 fully saturated rings. The monoisotopic (exact) mass is 308 g/mol. The lowest BCUT2D eigenvalue weighted by molar-refractivity contribution is 0.100. The highest BCUT2D eigenvalue weighted by molar-refractivity contribution is 6.33. The van der Waals surface area contributed by atoms with Crippen LogP contribution in [-0.2, 0) is 0 Å². The Bertz CT molecular complexity index is 691. The predicted molar refractivity (Wildman–Crippen MR) is 80.1 cm³/mol. The topological polar surface area (TPSA) is 75.3 Å². The van der Waals surface area contributed by atoms with Crippen molar-refractivity contribution in [2.75, 3.05) is 5.32 Å². The Labute approximate surface area is 126 Å². The number of anilines is 1. The van der Waals surface area contributed by atoms with Crippen LogP contribution in [0.15, 0.2) is 36.4 Å². The quantitative estimate of drug-likeness (QED) is 0.809. The van der Waals surface area contributed by atoms with Crippen molar-refractivity contribution in [1.82, 2.24) is 0 Å². The number of carbonyl (C=O) groups excluding carboxylic acids is 1. The smallest absolute Gasteiger partial charge is 0.248 e. The summed E-state index contributed by atoms with van der Waals surface area (Å²) in [5, 5.41) is 13.2. The maximum Gasteiger partial charge on any atom is 0.248 e. The van der Waals surface area contributed by atoms with Crippen LogP contribution < -0.4 is 11.1 Å². The Kier molecular flexibility index (Phi) is 4.33. The molecule has 4 N–H and O–H groups in total. The minimum Gasteiger partial charge on any atom is -0.507 e. The second kappa shape index (κ2) is 6.01. The summed E-state index contributed by atoms with van der Waals surface area (Å²) in [7, 11) is 0. The Hall–Kier alpha value is -2.27. The van der Waals surface area contributed by atoms with Crippen LogP contribution in [0.3, 0.4) is 0 Å². The standard InChI is InChI=1S/C15H14ClFN2O2/c1-8(11-4-3-10(17)7-14(11)20)19-13-6-9(15(18)21)2-5-12(13)16/h2-8,19-20H,1H3,(H2,18,21). The van der Waals surface area contributed by atoms with E-state index in [0.717, 1.165) is 6.07 Å². The fraction of sp³-hybridized carbons (Fsp3) is 0.133. The molecule has 1 unspecified atom stereocenters. The number of amides is 1. The molecule has 2 aromatic carbocycles. The van der Waals surface area contributed by atoms with Crippen LogP contribution >= 0.6 is 11.6 Å². The summed E-state index contributed by atoms with van der Waals surface area (Å²) in [4.78, 5) is 11.2. The van der Waals surface area contributed by atoms with E-state index in [0.29, 0.717) is 21.8 Å². The van der Waals surface area contributed by atoms with Crippen molar-refractivity contribution >= 4 is 23.2 Å². The van der Waals surface area contributed by atoms with Gasteiger partial charge in [-0.15, -0.1) is 0 Å². The number of benzene rings is 2. The molecule has 2 aromatic rings. The molecule has 0 saturated heterocycles. The first-order valence-electron chi connectivity index (χ1n) is 6.23. The van der Waals surface area contributed by atoms with Crippen LogP contribution in [0, 0.1) is 5.82 Å². The van der Waals surface area contributed by atoms with E-state index in [1.165, 1.54) is 24.3 Å². The highest BCUT2D eigenvalue weighted by Crippen LogP contribution is 2.31. The Morgan fingerprint density at radius 2 is 2.05 bits per heavy atom. The van der Waals surface area contributed by atoms with Gasteiger partial charge in [0.1, 0.15) is 11.6 Å². The number of phenols is 1. The zero-order valence-corrected chi connectivity index (χ0v) is 12.0. The van der Waals surface area contributed by atoms with Crippen molar-refractivity contribution < 1.29 is 14.3 Å². The highest BCUT2D eigenvalue weighted by atomic mass is 35.5. The Morgan fingerprint density at radius 1 is 1.33 bits per heavy atom. The lowest BCUT2D eigenvalue weighted by Crippen LogP contribution is -2.12. The number of halogens is 2. The lowest BCUT2D eigenvalue weighted by Gasteiger charge is -2.18. The summed E-state index contributed by atoms with van der Waals surface area (Å²) in [6, 6.07) is 8.04. The molecule has 21 heavy (non-hydrogen) atoms. The van der Waals surface area contributed by atoms with Crippen molar-refractivity contribution in [3.63, 3.8) is 0 Å². The molecule has 0 aliphatic carbocycles. The first-order chi connectivity index (χ1) is 9.88. The summed E-state index contributed by atoms with van der Waals surface area (Å²) in [6.07, 6.45) is 0. The van der Waals surface area contributed by atoms with Crippen LogP contribution in [0.5, 0.6) is 5.75 Å². The number of nitrogens with one attached hydrogen (secondary N) is 1. The van der Waals surface area contributed by atoms with E-state index in [9.17, 15) is 14.3 Å². The summed E-state index contributed by atoms with van der Waals surface area (Å²) in [5.74, 6) is -1.23. The highest BCUT2D eigenvalue weighted by Gasteiger charge is 2.13. The molecule has 0 aliphatic rings. The van der Waals surface area contributed by atoms with Gasteiger partial charge in [-0.1, -0.05) is 17.7 Å². The van der Waals surface area contributed by atoms with Crippen LogP contribution in [0.4, 0.5) is 10.1 Å². The van der Waals surface area contributed by atoms with Gasteiger partial charge in [-0.3, -0.25) is 4.79 Å². The van der Waals surface area contributed by atoms with Gasteiger partial charge < -0.3 is 16.2 Å². The van der Waals surface area contributed by atoms with E-state index in [1.54, 1.807) is 13.0 Å². The summed E-state index contributed by atoms with van der Waals surface area (Å²) >= 11 is 6.06. The molecule has 2 rings (SSSR count). The van der Waals surface area contributed by atoms with Crippen molar-refractivity contribution in [2.24, 2.45) is 5.73 Å². The molecule has 4 nitrogen and oxygen atoms in total. The van der Waals surface area contributed by atoms with Gasteiger partial charge in [0.15, 0.2) is 0 Å². The minimum atomic E-state index is -0.563. The fourth-order valence-electron chi connectivity index (χ4n) is 1.98.